The van der Waals surface area contributed by atoms with Crippen LogP contribution in [0.1, 0.15) is 23.6 Å². The molecule has 0 radical (unpaired) electrons. The molecule has 0 fully saturated rings. The van der Waals surface area contributed by atoms with Gasteiger partial charge in [-0.1, -0.05) is 31.2 Å². The van der Waals surface area contributed by atoms with E-state index < -0.39 is 0 Å². The lowest BCUT2D eigenvalue weighted by Crippen LogP contribution is -2.32. The predicted octanol–water partition coefficient (Wildman–Crippen LogP) is 4.07. The highest BCUT2D eigenvalue weighted by atomic mass is 16.5. The molecule has 0 unspecified atom stereocenters. The molecule has 4 nitrogen and oxygen atoms in total. The van der Waals surface area contributed by atoms with Crippen molar-refractivity contribution in [1.29, 1.82) is 0 Å². The van der Waals surface area contributed by atoms with Gasteiger partial charge in [-0.2, -0.15) is 0 Å². The molecular formula is C19H24N2O2. The SMILES string of the molecule is CCc1ccccc1NC(=O)NCCOc1ccc(C)c(C)c1. The predicted molar refractivity (Wildman–Crippen MR) is 94.3 cm³/mol. The summed E-state index contributed by atoms with van der Waals surface area (Å²) < 4.78 is 5.64. The summed E-state index contributed by atoms with van der Waals surface area (Å²) in [6.45, 7) is 7.08. The molecule has 4 heteroatoms. The Bertz CT molecular complexity index is 668. The lowest BCUT2D eigenvalue weighted by Gasteiger charge is -2.12. The quantitative estimate of drug-likeness (QED) is 0.790. The van der Waals surface area contributed by atoms with Crippen LogP contribution in [0.5, 0.6) is 5.75 Å². The Morgan fingerprint density at radius 3 is 2.61 bits per heavy atom. The fourth-order valence-electron chi connectivity index (χ4n) is 2.25. The van der Waals surface area contributed by atoms with Crippen molar-refractivity contribution in [3.8, 4) is 5.75 Å². The summed E-state index contributed by atoms with van der Waals surface area (Å²) in [5, 5.41) is 5.67. The van der Waals surface area contributed by atoms with Gasteiger partial charge >= 0.3 is 6.03 Å². The number of para-hydroxylation sites is 1. The molecule has 2 N–H and O–H groups in total. The topological polar surface area (TPSA) is 50.4 Å². The van der Waals surface area contributed by atoms with E-state index in [9.17, 15) is 4.79 Å². The van der Waals surface area contributed by atoms with E-state index in [2.05, 4.69) is 31.4 Å². The maximum Gasteiger partial charge on any atom is 0.319 e. The molecule has 0 saturated carbocycles. The van der Waals surface area contributed by atoms with Gasteiger partial charge in [0.05, 0.1) is 6.54 Å². The Morgan fingerprint density at radius 2 is 1.87 bits per heavy atom. The van der Waals surface area contributed by atoms with Crippen LogP contribution in [0, 0.1) is 13.8 Å². The minimum atomic E-state index is -0.213. The number of nitrogens with one attached hydrogen (secondary N) is 2. The maximum atomic E-state index is 11.9. The first-order valence-corrected chi connectivity index (χ1v) is 7.93. The van der Waals surface area contributed by atoms with Gasteiger partial charge in [-0.05, 0) is 55.2 Å². The average molecular weight is 312 g/mol. The normalized spacial score (nSPS) is 10.2. The Hall–Kier alpha value is -2.49. The monoisotopic (exact) mass is 312 g/mol. The molecule has 0 heterocycles. The summed E-state index contributed by atoms with van der Waals surface area (Å²) in [7, 11) is 0. The van der Waals surface area contributed by atoms with Crippen LogP contribution in [0.3, 0.4) is 0 Å². The fourth-order valence-corrected chi connectivity index (χ4v) is 2.25. The lowest BCUT2D eigenvalue weighted by atomic mass is 10.1. The van der Waals surface area contributed by atoms with Gasteiger partial charge in [0, 0.05) is 5.69 Å². The Balaban J connectivity index is 1.75. The zero-order chi connectivity index (χ0) is 16.7. The molecule has 0 aliphatic heterocycles. The van der Waals surface area contributed by atoms with Crippen LogP contribution in [0.2, 0.25) is 0 Å². The summed E-state index contributed by atoms with van der Waals surface area (Å²) in [4.78, 5) is 11.9. The smallest absolute Gasteiger partial charge is 0.319 e. The Morgan fingerprint density at radius 1 is 1.09 bits per heavy atom. The fraction of sp³-hybridized carbons (Fsp3) is 0.316. The standard InChI is InChI=1S/C19H24N2O2/c1-4-16-7-5-6-8-18(16)21-19(22)20-11-12-23-17-10-9-14(2)15(3)13-17/h5-10,13H,4,11-12H2,1-3H3,(H2,20,21,22). The highest BCUT2D eigenvalue weighted by molar-refractivity contribution is 5.90. The molecule has 0 aliphatic carbocycles. The zero-order valence-electron chi connectivity index (χ0n) is 14.0. The van der Waals surface area contributed by atoms with Crippen LogP contribution in [-0.4, -0.2) is 19.2 Å². The van der Waals surface area contributed by atoms with E-state index in [0.717, 1.165) is 23.4 Å². The van der Waals surface area contributed by atoms with Crippen LogP contribution in [0.4, 0.5) is 10.5 Å². The number of hydrogen-bond donors (Lipinski definition) is 2. The molecule has 0 saturated heterocycles. The van der Waals surface area contributed by atoms with Crippen molar-refractivity contribution in [3.05, 3.63) is 59.2 Å². The second-order valence-corrected chi connectivity index (χ2v) is 5.49. The van der Waals surface area contributed by atoms with Gasteiger partial charge in [-0.3, -0.25) is 0 Å². The van der Waals surface area contributed by atoms with Crippen molar-refractivity contribution < 1.29 is 9.53 Å². The number of rotatable bonds is 6. The second-order valence-electron chi connectivity index (χ2n) is 5.49. The summed E-state index contributed by atoms with van der Waals surface area (Å²) in [6.07, 6.45) is 0.881. The maximum absolute atomic E-state index is 11.9. The number of benzene rings is 2. The molecule has 2 amide bonds. The molecule has 0 aromatic heterocycles. The molecule has 0 atom stereocenters. The van der Waals surface area contributed by atoms with Crippen LogP contribution in [0.15, 0.2) is 42.5 Å². The molecule has 0 bridgehead atoms. The second kappa shape index (κ2) is 8.22. The Kier molecular flexibility index (Phi) is 6.03. The molecule has 2 aromatic rings. The minimum Gasteiger partial charge on any atom is -0.492 e. The highest BCUT2D eigenvalue weighted by Gasteiger charge is 2.04. The van der Waals surface area contributed by atoms with Crippen molar-refractivity contribution in [2.24, 2.45) is 0 Å². The van der Waals surface area contributed by atoms with Crippen LogP contribution in [-0.2, 0) is 6.42 Å². The van der Waals surface area contributed by atoms with E-state index in [0.29, 0.717) is 13.2 Å². The van der Waals surface area contributed by atoms with E-state index in [4.69, 9.17) is 4.74 Å². The first-order chi connectivity index (χ1) is 11.1. The number of carbonyl (C=O) groups is 1. The van der Waals surface area contributed by atoms with Crippen molar-refractivity contribution in [3.63, 3.8) is 0 Å². The van der Waals surface area contributed by atoms with Gasteiger partial charge in [0.1, 0.15) is 12.4 Å². The van der Waals surface area contributed by atoms with Crippen molar-refractivity contribution >= 4 is 11.7 Å². The first kappa shape index (κ1) is 16.9. The van der Waals surface area contributed by atoms with Gasteiger partial charge in [0.25, 0.3) is 0 Å². The van der Waals surface area contributed by atoms with Gasteiger partial charge in [0.15, 0.2) is 0 Å². The first-order valence-electron chi connectivity index (χ1n) is 7.93. The van der Waals surface area contributed by atoms with E-state index >= 15 is 0 Å². The molecular weight excluding hydrogens is 288 g/mol. The minimum absolute atomic E-state index is 0.213. The van der Waals surface area contributed by atoms with E-state index in [-0.39, 0.29) is 6.03 Å². The number of carbonyl (C=O) groups excluding carboxylic acids is 1. The number of hydrogen-bond acceptors (Lipinski definition) is 2. The molecule has 2 rings (SSSR count). The molecule has 2 aromatic carbocycles. The Labute approximate surface area is 137 Å². The third-order valence-electron chi connectivity index (χ3n) is 3.78. The molecule has 0 spiro atoms. The average Bonchev–Trinajstić information content (AvgIpc) is 2.55. The highest BCUT2D eigenvalue weighted by Crippen LogP contribution is 2.16. The largest absolute Gasteiger partial charge is 0.492 e. The summed E-state index contributed by atoms with van der Waals surface area (Å²) in [5.41, 5.74) is 4.41. The summed E-state index contributed by atoms with van der Waals surface area (Å²) in [5.74, 6) is 0.826. The third-order valence-corrected chi connectivity index (χ3v) is 3.78. The number of amides is 2. The van der Waals surface area contributed by atoms with Gasteiger partial charge in [-0.25, -0.2) is 4.79 Å². The number of anilines is 1. The van der Waals surface area contributed by atoms with Gasteiger partial charge in [0.2, 0.25) is 0 Å². The summed E-state index contributed by atoms with van der Waals surface area (Å²) in [6, 6.07) is 13.6. The van der Waals surface area contributed by atoms with Crippen LogP contribution >= 0.6 is 0 Å². The molecule has 122 valence electrons. The van der Waals surface area contributed by atoms with Crippen LogP contribution < -0.4 is 15.4 Å². The summed E-state index contributed by atoms with van der Waals surface area (Å²) >= 11 is 0. The molecule has 23 heavy (non-hydrogen) atoms. The van der Waals surface area contributed by atoms with E-state index in [1.807, 2.05) is 42.5 Å². The van der Waals surface area contributed by atoms with Crippen molar-refractivity contribution in [2.75, 3.05) is 18.5 Å². The van der Waals surface area contributed by atoms with Crippen LogP contribution in [0.25, 0.3) is 0 Å². The van der Waals surface area contributed by atoms with Crippen molar-refractivity contribution in [1.82, 2.24) is 5.32 Å². The van der Waals surface area contributed by atoms with Gasteiger partial charge in [-0.15, -0.1) is 0 Å². The van der Waals surface area contributed by atoms with E-state index in [1.165, 1.54) is 11.1 Å². The van der Waals surface area contributed by atoms with E-state index in [1.54, 1.807) is 0 Å². The number of urea groups is 1. The zero-order valence-corrected chi connectivity index (χ0v) is 14.0. The lowest BCUT2D eigenvalue weighted by molar-refractivity contribution is 0.247. The number of aryl methyl sites for hydroxylation is 3. The van der Waals surface area contributed by atoms with Gasteiger partial charge < -0.3 is 15.4 Å². The third kappa shape index (κ3) is 5.02. The molecule has 0 aliphatic rings. The van der Waals surface area contributed by atoms with Crippen molar-refractivity contribution in [2.45, 2.75) is 27.2 Å². The number of ether oxygens (including phenoxy) is 1.